The van der Waals surface area contributed by atoms with E-state index in [2.05, 4.69) is 17.2 Å². The second kappa shape index (κ2) is 4.61. The molecule has 0 aliphatic carbocycles. The SMILES string of the molecule is CCc1csc(NCC(C)(C)C(N)=O)n1. The predicted octanol–water partition coefficient (Wildman–Crippen LogP) is 1.63. The molecule has 0 saturated carbocycles. The lowest BCUT2D eigenvalue weighted by atomic mass is 9.93. The van der Waals surface area contributed by atoms with Crippen molar-refractivity contribution in [3.63, 3.8) is 0 Å². The van der Waals surface area contributed by atoms with Crippen LogP contribution in [-0.2, 0) is 11.2 Å². The number of hydrogen-bond donors (Lipinski definition) is 2. The lowest BCUT2D eigenvalue weighted by Crippen LogP contribution is -2.37. The number of hydrogen-bond acceptors (Lipinski definition) is 4. The lowest BCUT2D eigenvalue weighted by Gasteiger charge is -2.20. The van der Waals surface area contributed by atoms with Crippen molar-refractivity contribution in [2.45, 2.75) is 27.2 Å². The van der Waals surface area contributed by atoms with E-state index in [1.165, 1.54) is 0 Å². The van der Waals surface area contributed by atoms with Gasteiger partial charge in [0.1, 0.15) is 0 Å². The molecule has 0 atom stereocenters. The van der Waals surface area contributed by atoms with Crippen LogP contribution in [0.25, 0.3) is 0 Å². The first kappa shape index (κ1) is 12.0. The number of aryl methyl sites for hydroxylation is 1. The third kappa shape index (κ3) is 3.20. The quantitative estimate of drug-likeness (QED) is 0.803. The number of carbonyl (C=O) groups is 1. The van der Waals surface area contributed by atoms with Gasteiger partial charge in [-0.2, -0.15) is 0 Å². The van der Waals surface area contributed by atoms with Crippen LogP contribution in [-0.4, -0.2) is 17.4 Å². The van der Waals surface area contributed by atoms with Gasteiger partial charge in [0.05, 0.1) is 11.1 Å². The number of carbonyl (C=O) groups excluding carboxylic acids is 1. The number of primary amides is 1. The molecule has 1 aromatic rings. The van der Waals surface area contributed by atoms with Gasteiger partial charge < -0.3 is 11.1 Å². The van der Waals surface area contributed by atoms with Gasteiger partial charge in [0.25, 0.3) is 0 Å². The number of nitrogens with one attached hydrogen (secondary N) is 1. The fourth-order valence-electron chi connectivity index (χ4n) is 0.934. The van der Waals surface area contributed by atoms with Gasteiger partial charge in [0.2, 0.25) is 5.91 Å². The molecule has 5 heteroatoms. The van der Waals surface area contributed by atoms with Crippen LogP contribution >= 0.6 is 11.3 Å². The first-order chi connectivity index (χ1) is 6.95. The van der Waals surface area contributed by atoms with Crippen molar-refractivity contribution in [2.24, 2.45) is 11.1 Å². The van der Waals surface area contributed by atoms with Crippen molar-refractivity contribution in [3.8, 4) is 0 Å². The molecule has 0 saturated heterocycles. The topological polar surface area (TPSA) is 68.0 Å². The van der Waals surface area contributed by atoms with E-state index in [4.69, 9.17) is 5.73 Å². The summed E-state index contributed by atoms with van der Waals surface area (Å²) >= 11 is 1.55. The van der Waals surface area contributed by atoms with E-state index in [0.717, 1.165) is 17.2 Å². The largest absolute Gasteiger partial charge is 0.369 e. The fraction of sp³-hybridized carbons (Fsp3) is 0.600. The van der Waals surface area contributed by atoms with E-state index < -0.39 is 5.41 Å². The first-order valence-electron chi connectivity index (χ1n) is 4.94. The maximum absolute atomic E-state index is 11.1. The smallest absolute Gasteiger partial charge is 0.224 e. The molecule has 0 spiro atoms. The Labute approximate surface area is 93.9 Å². The van der Waals surface area contributed by atoms with Gasteiger partial charge in [0.15, 0.2) is 5.13 Å². The Kier molecular flexibility index (Phi) is 3.68. The van der Waals surface area contributed by atoms with Crippen LogP contribution in [0.1, 0.15) is 26.5 Å². The Balaban J connectivity index is 2.53. The van der Waals surface area contributed by atoms with Crippen LogP contribution in [0, 0.1) is 5.41 Å². The molecule has 1 aromatic heterocycles. The third-order valence-electron chi connectivity index (χ3n) is 2.26. The summed E-state index contributed by atoms with van der Waals surface area (Å²) in [7, 11) is 0. The number of nitrogens with two attached hydrogens (primary N) is 1. The molecule has 4 nitrogen and oxygen atoms in total. The van der Waals surface area contributed by atoms with Crippen molar-refractivity contribution in [1.82, 2.24) is 4.98 Å². The first-order valence-corrected chi connectivity index (χ1v) is 5.82. The van der Waals surface area contributed by atoms with Crippen molar-refractivity contribution < 1.29 is 4.79 Å². The Morgan fingerprint density at radius 2 is 2.33 bits per heavy atom. The van der Waals surface area contributed by atoms with E-state index in [-0.39, 0.29) is 5.91 Å². The number of rotatable bonds is 5. The summed E-state index contributed by atoms with van der Waals surface area (Å²) < 4.78 is 0. The summed E-state index contributed by atoms with van der Waals surface area (Å²) in [5.74, 6) is -0.303. The van der Waals surface area contributed by atoms with Gasteiger partial charge in [-0.05, 0) is 20.3 Å². The average Bonchev–Trinajstić information content (AvgIpc) is 2.62. The molecule has 0 radical (unpaired) electrons. The van der Waals surface area contributed by atoms with Crippen molar-refractivity contribution >= 4 is 22.4 Å². The molecule has 0 fully saturated rings. The lowest BCUT2D eigenvalue weighted by molar-refractivity contribution is -0.125. The number of thiazole rings is 1. The highest BCUT2D eigenvalue weighted by atomic mass is 32.1. The second-order valence-electron chi connectivity index (χ2n) is 4.10. The van der Waals surface area contributed by atoms with Crippen LogP contribution in [0.15, 0.2) is 5.38 Å². The maximum Gasteiger partial charge on any atom is 0.224 e. The highest BCUT2D eigenvalue weighted by Gasteiger charge is 2.24. The summed E-state index contributed by atoms with van der Waals surface area (Å²) in [4.78, 5) is 15.4. The van der Waals surface area contributed by atoms with Crippen molar-refractivity contribution in [1.29, 1.82) is 0 Å². The number of anilines is 1. The minimum atomic E-state index is -0.544. The minimum Gasteiger partial charge on any atom is -0.369 e. The fourth-order valence-corrected chi connectivity index (χ4v) is 1.73. The molecular formula is C10H17N3OS. The molecule has 0 unspecified atom stereocenters. The van der Waals surface area contributed by atoms with E-state index in [0.29, 0.717) is 6.54 Å². The highest BCUT2D eigenvalue weighted by molar-refractivity contribution is 7.13. The van der Waals surface area contributed by atoms with Crippen molar-refractivity contribution in [2.75, 3.05) is 11.9 Å². The summed E-state index contributed by atoms with van der Waals surface area (Å²) in [5.41, 5.74) is 5.80. The van der Waals surface area contributed by atoms with Crippen LogP contribution in [0.3, 0.4) is 0 Å². The van der Waals surface area contributed by atoms with Crippen molar-refractivity contribution in [3.05, 3.63) is 11.1 Å². The predicted molar refractivity (Wildman–Crippen MR) is 63.0 cm³/mol. The van der Waals surface area contributed by atoms with E-state index >= 15 is 0 Å². The summed E-state index contributed by atoms with van der Waals surface area (Å²) in [6.07, 6.45) is 0.928. The molecule has 0 aliphatic rings. The van der Waals surface area contributed by atoms with Gasteiger partial charge in [-0.15, -0.1) is 11.3 Å². The molecule has 1 heterocycles. The third-order valence-corrected chi connectivity index (χ3v) is 3.11. The van der Waals surface area contributed by atoms with Crippen LogP contribution in [0.4, 0.5) is 5.13 Å². The maximum atomic E-state index is 11.1. The Bertz CT molecular complexity index is 346. The average molecular weight is 227 g/mol. The highest BCUT2D eigenvalue weighted by Crippen LogP contribution is 2.19. The van der Waals surface area contributed by atoms with Crippen LogP contribution < -0.4 is 11.1 Å². The van der Waals surface area contributed by atoms with Gasteiger partial charge >= 0.3 is 0 Å². The van der Waals surface area contributed by atoms with E-state index in [1.54, 1.807) is 11.3 Å². The molecule has 0 aromatic carbocycles. The van der Waals surface area contributed by atoms with E-state index in [1.807, 2.05) is 19.2 Å². The van der Waals surface area contributed by atoms with Gasteiger partial charge in [-0.3, -0.25) is 4.79 Å². The molecule has 3 N–H and O–H groups in total. The van der Waals surface area contributed by atoms with Crippen LogP contribution in [0.5, 0.6) is 0 Å². The monoisotopic (exact) mass is 227 g/mol. The zero-order valence-corrected chi connectivity index (χ0v) is 10.1. The standard InChI is InChI=1S/C10H17N3OS/c1-4-7-5-15-9(13-7)12-6-10(2,3)8(11)14/h5H,4,6H2,1-3H3,(H2,11,14)(H,12,13). The summed E-state index contributed by atoms with van der Waals surface area (Å²) in [6, 6.07) is 0. The molecular weight excluding hydrogens is 210 g/mol. The number of amides is 1. The molecule has 84 valence electrons. The normalized spacial score (nSPS) is 11.4. The molecule has 1 rings (SSSR count). The Morgan fingerprint density at radius 1 is 1.67 bits per heavy atom. The summed E-state index contributed by atoms with van der Waals surface area (Å²) in [5, 5.41) is 5.99. The number of nitrogens with zero attached hydrogens (tertiary/aromatic N) is 1. The summed E-state index contributed by atoms with van der Waals surface area (Å²) in [6.45, 7) is 6.21. The molecule has 1 amide bonds. The number of aromatic nitrogens is 1. The van der Waals surface area contributed by atoms with Gasteiger partial charge in [-0.25, -0.2) is 4.98 Å². The molecule has 0 aliphatic heterocycles. The molecule has 0 bridgehead atoms. The van der Waals surface area contributed by atoms with Gasteiger partial charge in [0, 0.05) is 11.9 Å². The Morgan fingerprint density at radius 3 is 2.80 bits per heavy atom. The minimum absolute atomic E-state index is 0.303. The second-order valence-corrected chi connectivity index (χ2v) is 4.96. The van der Waals surface area contributed by atoms with Crippen LogP contribution in [0.2, 0.25) is 0 Å². The zero-order chi connectivity index (χ0) is 11.5. The molecule has 15 heavy (non-hydrogen) atoms. The van der Waals surface area contributed by atoms with Gasteiger partial charge in [-0.1, -0.05) is 6.92 Å². The zero-order valence-electron chi connectivity index (χ0n) is 9.33. The Hall–Kier alpha value is -1.10. The van der Waals surface area contributed by atoms with E-state index in [9.17, 15) is 4.79 Å².